The molecule has 0 spiro atoms. The molecule has 1 saturated heterocycles. The molecule has 0 bridgehead atoms. The molecule has 38 heavy (non-hydrogen) atoms. The number of carbonyl (C=O) groups is 1. The normalized spacial score (nSPS) is 16.9. The second-order valence-electron chi connectivity index (χ2n) is 9.07. The second-order valence-corrected chi connectivity index (χ2v) is 12.8. The number of aromatic nitrogens is 1. The largest absolute Gasteiger partial charge is 0.338 e. The monoisotopic (exact) mass is 577 g/mol. The molecule has 3 aromatic rings. The van der Waals surface area contributed by atoms with E-state index in [-0.39, 0.29) is 24.5 Å². The lowest BCUT2D eigenvalue weighted by molar-refractivity contribution is -0.130. The van der Waals surface area contributed by atoms with Crippen molar-refractivity contribution in [2.75, 3.05) is 25.4 Å². The number of amides is 1. The lowest BCUT2D eigenvalue weighted by Crippen LogP contribution is -2.53. The molecule has 12 heteroatoms. The van der Waals surface area contributed by atoms with Crippen LogP contribution in [0.25, 0.3) is 11.1 Å². The summed E-state index contributed by atoms with van der Waals surface area (Å²) in [5.41, 5.74) is 3.89. The smallest absolute Gasteiger partial charge is 0.274 e. The number of benzene rings is 2. The number of halogens is 1. The summed E-state index contributed by atoms with van der Waals surface area (Å²) in [4.78, 5) is 18.2. The van der Waals surface area contributed by atoms with Gasteiger partial charge in [-0.1, -0.05) is 42.8 Å². The van der Waals surface area contributed by atoms with Gasteiger partial charge >= 0.3 is 0 Å². The summed E-state index contributed by atoms with van der Waals surface area (Å²) in [5, 5.41) is 0.316. The van der Waals surface area contributed by atoms with Gasteiger partial charge in [0.2, 0.25) is 15.9 Å². The first kappa shape index (κ1) is 28.2. The van der Waals surface area contributed by atoms with Crippen LogP contribution in [0.4, 0.5) is 0 Å². The minimum Gasteiger partial charge on any atom is -0.338 e. The van der Waals surface area contributed by atoms with Crippen molar-refractivity contribution >= 4 is 37.6 Å². The van der Waals surface area contributed by atoms with E-state index in [1.165, 1.54) is 15.3 Å². The third kappa shape index (κ3) is 5.92. The molecule has 1 unspecified atom stereocenters. The van der Waals surface area contributed by atoms with Crippen LogP contribution in [0.5, 0.6) is 0 Å². The van der Waals surface area contributed by atoms with Crippen LogP contribution in [0.2, 0.25) is 5.02 Å². The van der Waals surface area contributed by atoms with Crippen LogP contribution in [-0.4, -0.2) is 66.9 Å². The highest BCUT2D eigenvalue weighted by Gasteiger charge is 2.39. The van der Waals surface area contributed by atoms with Gasteiger partial charge in [-0.15, -0.1) is 0 Å². The Labute approximate surface area is 227 Å². The van der Waals surface area contributed by atoms with Gasteiger partial charge in [-0.3, -0.25) is 14.3 Å². The maximum absolute atomic E-state index is 13.9. The van der Waals surface area contributed by atoms with Crippen molar-refractivity contribution in [2.24, 2.45) is 0 Å². The van der Waals surface area contributed by atoms with Gasteiger partial charge in [0.05, 0.1) is 10.9 Å². The summed E-state index contributed by atoms with van der Waals surface area (Å²) >= 11 is 6.23. The fourth-order valence-electron chi connectivity index (χ4n) is 4.70. The number of hydrogen-bond acceptors (Lipinski definition) is 6. The first-order valence-corrected chi connectivity index (χ1v) is 15.4. The number of sulfonamides is 1. The SMILES string of the molecule is CCc1cnccc1-c1cccc(C2CN(C(=O)CS(=O)(=O)O)CCN2S(=O)(=O)c2cccc(Cl)c2C)c1. The van der Waals surface area contributed by atoms with Crippen LogP contribution in [-0.2, 0) is 31.4 Å². The molecule has 2 heterocycles. The van der Waals surface area contributed by atoms with Gasteiger partial charge in [0.15, 0.2) is 5.75 Å². The molecule has 1 amide bonds. The van der Waals surface area contributed by atoms with E-state index >= 15 is 0 Å². The summed E-state index contributed by atoms with van der Waals surface area (Å²) in [5.74, 6) is -1.87. The molecule has 1 aromatic heterocycles. The van der Waals surface area contributed by atoms with Gasteiger partial charge in [-0.05, 0) is 65.4 Å². The quantitative estimate of drug-likeness (QED) is 0.424. The molecule has 2 aromatic carbocycles. The third-order valence-corrected chi connectivity index (χ3v) is 9.74. The molecule has 4 rings (SSSR count). The molecular weight excluding hydrogens is 550 g/mol. The van der Waals surface area contributed by atoms with Gasteiger partial charge < -0.3 is 4.90 Å². The van der Waals surface area contributed by atoms with Crippen molar-refractivity contribution in [3.63, 3.8) is 0 Å². The van der Waals surface area contributed by atoms with Crippen molar-refractivity contribution in [3.8, 4) is 11.1 Å². The molecule has 1 aliphatic rings. The summed E-state index contributed by atoms with van der Waals surface area (Å²) in [6, 6.07) is 13.1. The van der Waals surface area contributed by atoms with E-state index in [0.717, 1.165) is 23.1 Å². The average molecular weight is 578 g/mol. The number of nitrogens with zero attached hydrogens (tertiary/aromatic N) is 3. The van der Waals surface area contributed by atoms with E-state index in [0.29, 0.717) is 16.1 Å². The van der Waals surface area contributed by atoms with E-state index in [1.54, 1.807) is 37.5 Å². The van der Waals surface area contributed by atoms with Crippen molar-refractivity contribution in [1.29, 1.82) is 0 Å². The molecule has 0 saturated carbocycles. The number of rotatable bonds is 7. The van der Waals surface area contributed by atoms with E-state index in [4.69, 9.17) is 11.6 Å². The second kappa shape index (κ2) is 11.1. The number of aryl methyl sites for hydroxylation is 1. The predicted molar refractivity (Wildman–Crippen MR) is 145 cm³/mol. The third-order valence-electron chi connectivity index (χ3n) is 6.66. The lowest BCUT2D eigenvalue weighted by atomic mass is 9.95. The molecule has 1 atom stereocenters. The predicted octanol–water partition coefficient (Wildman–Crippen LogP) is 3.73. The lowest BCUT2D eigenvalue weighted by Gasteiger charge is -2.41. The zero-order valence-corrected chi connectivity index (χ0v) is 23.3. The Balaban J connectivity index is 1.80. The Hall–Kier alpha value is -2.83. The minimum absolute atomic E-state index is 0.0340. The van der Waals surface area contributed by atoms with Crippen LogP contribution < -0.4 is 0 Å². The Bertz CT molecular complexity index is 1580. The number of pyridine rings is 1. The molecule has 1 N–H and O–H groups in total. The highest BCUT2D eigenvalue weighted by molar-refractivity contribution is 7.89. The molecule has 0 aliphatic carbocycles. The van der Waals surface area contributed by atoms with E-state index in [2.05, 4.69) is 4.98 Å². The number of piperazine rings is 1. The highest BCUT2D eigenvalue weighted by atomic mass is 35.5. The average Bonchev–Trinajstić information content (AvgIpc) is 2.88. The molecule has 0 radical (unpaired) electrons. The summed E-state index contributed by atoms with van der Waals surface area (Å²) in [6.45, 7) is 3.45. The van der Waals surface area contributed by atoms with Gasteiger partial charge in [0, 0.05) is 37.1 Å². The maximum Gasteiger partial charge on any atom is 0.274 e. The molecule has 202 valence electrons. The minimum atomic E-state index is -4.54. The van der Waals surface area contributed by atoms with Gasteiger partial charge in [0.1, 0.15) is 0 Å². The number of carbonyl (C=O) groups excluding carboxylic acids is 1. The fraction of sp³-hybridized carbons (Fsp3) is 0.308. The van der Waals surface area contributed by atoms with Crippen LogP contribution in [0, 0.1) is 6.92 Å². The standard InChI is InChI=1S/C26H28ClN3O6S2/c1-3-19-15-28-11-10-22(19)20-6-4-7-21(14-20)24-16-29(26(31)17-37(32,33)34)12-13-30(24)38(35,36)25-9-5-8-23(27)18(25)2/h4-11,14-15,24H,3,12-13,16-17H2,1-2H3,(H,32,33,34). The Morgan fingerprint density at radius 1 is 1.11 bits per heavy atom. The maximum atomic E-state index is 13.9. The molecular formula is C26H28ClN3O6S2. The van der Waals surface area contributed by atoms with Crippen molar-refractivity contribution in [1.82, 2.24) is 14.2 Å². The number of hydrogen-bond donors (Lipinski definition) is 1. The first-order chi connectivity index (χ1) is 17.9. The zero-order valence-electron chi connectivity index (χ0n) is 20.9. The van der Waals surface area contributed by atoms with Crippen molar-refractivity contribution in [3.05, 3.63) is 82.6 Å². The Kier molecular flexibility index (Phi) is 8.24. The van der Waals surface area contributed by atoms with E-state index < -0.39 is 37.8 Å². The van der Waals surface area contributed by atoms with Crippen LogP contribution in [0.15, 0.2) is 65.8 Å². The van der Waals surface area contributed by atoms with Crippen LogP contribution in [0.3, 0.4) is 0 Å². The Morgan fingerprint density at radius 2 is 1.84 bits per heavy atom. The first-order valence-electron chi connectivity index (χ1n) is 12.0. The Morgan fingerprint density at radius 3 is 2.55 bits per heavy atom. The van der Waals surface area contributed by atoms with E-state index in [1.807, 2.05) is 31.2 Å². The molecule has 1 aliphatic heterocycles. The summed E-state index contributed by atoms with van der Waals surface area (Å²) in [6.07, 6.45) is 4.23. The van der Waals surface area contributed by atoms with Crippen molar-refractivity contribution in [2.45, 2.75) is 31.2 Å². The van der Waals surface area contributed by atoms with Crippen molar-refractivity contribution < 1.29 is 26.2 Å². The van der Waals surface area contributed by atoms with Crippen LogP contribution >= 0.6 is 11.6 Å². The fourth-order valence-corrected chi connectivity index (χ4v) is 7.27. The zero-order chi connectivity index (χ0) is 27.7. The molecule has 1 fully saturated rings. The van der Waals surface area contributed by atoms with Crippen LogP contribution in [0.1, 0.15) is 29.7 Å². The topological polar surface area (TPSA) is 125 Å². The summed E-state index contributed by atoms with van der Waals surface area (Å²) in [7, 11) is -8.60. The molecule has 9 nitrogen and oxygen atoms in total. The highest BCUT2D eigenvalue weighted by Crippen LogP contribution is 2.35. The van der Waals surface area contributed by atoms with Gasteiger partial charge in [-0.2, -0.15) is 12.7 Å². The summed E-state index contributed by atoms with van der Waals surface area (Å²) < 4.78 is 61.1. The van der Waals surface area contributed by atoms with E-state index in [9.17, 15) is 26.2 Å². The van der Waals surface area contributed by atoms with Gasteiger partial charge in [-0.25, -0.2) is 8.42 Å². The van der Waals surface area contributed by atoms with Gasteiger partial charge in [0.25, 0.3) is 10.1 Å².